The molecular weight excluding hydrogens is 1790 g/mol. The molecular formula is C104H104Cl2N20O12. The lowest BCUT2D eigenvalue weighted by Crippen LogP contribution is -2.36. The zero-order chi connectivity index (χ0) is 95.5. The Morgan fingerprint density at radius 2 is 0.514 bits per heavy atom. The van der Waals surface area contributed by atoms with Crippen molar-refractivity contribution in [1.29, 1.82) is 0 Å². The minimum Gasteiger partial charge on any atom is -0.493 e. The van der Waals surface area contributed by atoms with Crippen LogP contribution in [-0.2, 0) is 23.7 Å². The summed E-state index contributed by atoms with van der Waals surface area (Å²) in [4.78, 5) is 90.9. The van der Waals surface area contributed by atoms with E-state index in [4.69, 9.17) is 100 Å². The lowest BCUT2D eigenvalue weighted by molar-refractivity contribution is 0.103. The van der Waals surface area contributed by atoms with Gasteiger partial charge in [0.1, 0.15) is 92.7 Å². The van der Waals surface area contributed by atoms with Crippen LogP contribution < -0.4 is 52.9 Å². The van der Waals surface area contributed by atoms with Gasteiger partial charge in [0.15, 0.2) is 28.8 Å². The molecule has 0 bridgehead atoms. The molecule has 5 aliphatic rings. The maximum atomic E-state index is 13.2. The second kappa shape index (κ2) is 47.5. The van der Waals surface area contributed by atoms with Gasteiger partial charge in [-0.3, -0.25) is 4.79 Å². The van der Waals surface area contributed by atoms with Gasteiger partial charge in [-0.2, -0.15) is 0 Å². The molecule has 0 N–H and O–H groups in total. The standard InChI is InChI=1S/C21H19ClN4O2.2C21H22N4O3.C21H22N4O2.C20H19ClN4O2/c1-14-23-12-16(13-24-14)19-10-15(21(27)17-4-2-3-5-18(17)22)11-20(25-19)26-6-8-28-9-7-26;2*1-15-22-13-16(14-23-15)18-11-17(28-20-6-4-3-5-19(20)26-2)12-21(24-18)25-7-9-27-10-8-25;1-15-5-3-4-6-20(15)27-18-11-19(17-13-22-16(2)23-14-17)24-21(12-18)25-7-9-26-10-8-25;1-14-22-12-15(13-23-14)18-10-16(27-19-5-3-2-4-17(19)21)11-20(24-18)25-6-8-26-9-7-25/h2-5,10-13H,6-9H2,1H3;2*3-6,11-14H,7-10H2,1-2H3;3-6,11-14H,7-10H2,1-2H3;2-5,10-13H,6-9H2,1H3. The van der Waals surface area contributed by atoms with E-state index < -0.39 is 0 Å². The van der Waals surface area contributed by atoms with Crippen LogP contribution in [0.1, 0.15) is 50.6 Å². The minimum absolute atomic E-state index is 0.142. The van der Waals surface area contributed by atoms with Gasteiger partial charge in [-0.15, -0.1) is 0 Å². The monoisotopic (exact) mass is 1890 g/mol. The van der Waals surface area contributed by atoms with Crippen LogP contribution in [0.4, 0.5) is 29.1 Å². The maximum absolute atomic E-state index is 13.2. The van der Waals surface area contributed by atoms with Gasteiger partial charge in [0.05, 0.1) is 119 Å². The number of ketones is 1. The number of aryl methyl sites for hydroxylation is 6. The fourth-order valence-electron chi connectivity index (χ4n) is 14.9. The van der Waals surface area contributed by atoms with E-state index in [9.17, 15) is 4.79 Å². The SMILES string of the molecule is COc1ccccc1Oc1cc(-c2cnc(C)nc2)nc(N2CCOCC2)c1.COc1ccccc1Oc1cc(-c2cnc(C)nc2)nc(N2CCOCC2)c1.Cc1ncc(-c2cc(C(=O)c3ccccc3Cl)cc(N3CCOCC3)n2)cn1.Cc1ncc(-c2cc(Oc3ccccc3C)cc(N3CCOCC3)n2)cn1.Cc1ncc(-c2cc(Oc3ccccc3Cl)cc(N3CCOCC3)n2)cn1. The van der Waals surface area contributed by atoms with Gasteiger partial charge in [0.25, 0.3) is 0 Å². The van der Waals surface area contributed by atoms with E-state index in [1.54, 1.807) is 113 Å². The summed E-state index contributed by atoms with van der Waals surface area (Å²) in [5.41, 5.74) is 9.93. The number of para-hydroxylation sites is 6. The number of halogens is 2. The first-order chi connectivity index (χ1) is 67.4. The summed E-state index contributed by atoms with van der Waals surface area (Å²) in [5, 5.41) is 0.986. The van der Waals surface area contributed by atoms with Crippen molar-refractivity contribution in [2.45, 2.75) is 41.5 Å². The molecule has 15 aromatic rings. The second-order valence-electron chi connectivity index (χ2n) is 32.1. The molecule has 0 spiro atoms. The Kier molecular flexibility index (Phi) is 33.1. The highest BCUT2D eigenvalue weighted by atomic mass is 35.5. The number of ether oxygens (including phenoxy) is 11. The summed E-state index contributed by atoms with van der Waals surface area (Å²) < 4.78 is 62.7. The van der Waals surface area contributed by atoms with E-state index in [-0.39, 0.29) is 5.78 Å². The summed E-state index contributed by atoms with van der Waals surface area (Å²) in [6.07, 6.45) is 17.7. The second-order valence-corrected chi connectivity index (χ2v) is 32.9. The van der Waals surface area contributed by atoms with Crippen molar-refractivity contribution in [3.8, 4) is 114 Å². The largest absolute Gasteiger partial charge is 0.493 e. The number of carbonyl (C=O) groups is 1. The third-order valence-electron chi connectivity index (χ3n) is 22.4. The molecule has 32 nitrogen and oxygen atoms in total. The third kappa shape index (κ3) is 26.2. The Labute approximate surface area is 810 Å². The molecule has 706 valence electrons. The van der Waals surface area contributed by atoms with Crippen molar-refractivity contribution in [2.24, 2.45) is 0 Å². The predicted octanol–water partition coefficient (Wildman–Crippen LogP) is 18.5. The molecule has 0 atom stereocenters. The average Bonchev–Trinajstić information content (AvgIpc) is 0.805. The summed E-state index contributed by atoms with van der Waals surface area (Å²) in [5.74, 6) is 14.4. The first kappa shape index (κ1) is 96.2. The molecule has 5 aliphatic heterocycles. The van der Waals surface area contributed by atoms with E-state index in [0.29, 0.717) is 145 Å². The Bertz CT molecular complexity index is 6250. The van der Waals surface area contributed by atoms with Crippen LogP contribution in [0.2, 0.25) is 10.0 Å². The Hall–Kier alpha value is -14.9. The molecule has 0 aliphatic carbocycles. The molecule has 15 heterocycles. The predicted molar refractivity (Wildman–Crippen MR) is 529 cm³/mol. The van der Waals surface area contributed by atoms with Crippen molar-refractivity contribution in [3.63, 3.8) is 0 Å². The fourth-order valence-corrected chi connectivity index (χ4v) is 15.3. The number of morpholine rings is 5. The summed E-state index contributed by atoms with van der Waals surface area (Å²) >= 11 is 12.5. The number of anilines is 5. The van der Waals surface area contributed by atoms with Crippen molar-refractivity contribution in [2.75, 3.05) is 170 Å². The molecule has 0 saturated carbocycles. The quantitative estimate of drug-likeness (QED) is 0.0569. The van der Waals surface area contributed by atoms with Gasteiger partial charge < -0.3 is 76.6 Å². The zero-order valence-electron chi connectivity index (χ0n) is 77.8. The number of carbonyl (C=O) groups excluding carboxylic acids is 1. The molecule has 0 unspecified atom stereocenters. The Balaban J connectivity index is 0.000000125. The highest BCUT2D eigenvalue weighted by Gasteiger charge is 2.26. The molecule has 138 heavy (non-hydrogen) atoms. The van der Waals surface area contributed by atoms with Crippen LogP contribution in [0, 0.1) is 41.5 Å². The van der Waals surface area contributed by atoms with E-state index >= 15 is 0 Å². The normalized spacial score (nSPS) is 14.1. The van der Waals surface area contributed by atoms with Crippen LogP contribution in [0.5, 0.6) is 57.5 Å². The van der Waals surface area contributed by atoms with Crippen LogP contribution in [-0.4, -0.2) is 226 Å². The Morgan fingerprint density at radius 1 is 0.275 bits per heavy atom. The van der Waals surface area contributed by atoms with Gasteiger partial charge in [0.2, 0.25) is 0 Å². The number of aromatic nitrogens is 15. The van der Waals surface area contributed by atoms with Crippen molar-refractivity contribution in [3.05, 3.63) is 300 Å². The smallest absolute Gasteiger partial charge is 0.194 e. The van der Waals surface area contributed by atoms with E-state index in [1.165, 1.54) is 0 Å². The number of methoxy groups -OCH3 is 2. The fraction of sp³-hybridized carbons (Fsp3) is 0.269. The average molecular weight is 1900 g/mol. The minimum atomic E-state index is -0.142. The third-order valence-corrected chi connectivity index (χ3v) is 23.0. The number of hydrogen-bond acceptors (Lipinski definition) is 32. The zero-order valence-corrected chi connectivity index (χ0v) is 79.3. The molecule has 10 aromatic heterocycles. The van der Waals surface area contributed by atoms with Gasteiger partial charge in [0, 0.05) is 215 Å². The molecule has 20 rings (SSSR count). The number of hydrogen-bond donors (Lipinski definition) is 0. The van der Waals surface area contributed by atoms with Gasteiger partial charge in [-0.1, -0.05) is 89.9 Å². The molecule has 0 amide bonds. The van der Waals surface area contributed by atoms with Crippen molar-refractivity contribution < 1.29 is 56.9 Å². The summed E-state index contributed by atoms with van der Waals surface area (Å²) in [6, 6.07) is 56.5. The highest BCUT2D eigenvalue weighted by molar-refractivity contribution is 6.35. The number of nitrogens with zero attached hydrogens (tertiary/aromatic N) is 20. The first-order valence-electron chi connectivity index (χ1n) is 45.2. The van der Waals surface area contributed by atoms with Gasteiger partial charge in [-0.25, -0.2) is 74.8 Å². The van der Waals surface area contributed by atoms with Crippen LogP contribution in [0.3, 0.4) is 0 Å². The first-order valence-corrected chi connectivity index (χ1v) is 46.0. The Morgan fingerprint density at radius 3 is 0.804 bits per heavy atom. The van der Waals surface area contributed by atoms with Gasteiger partial charge in [-0.05, 0) is 114 Å². The molecule has 5 aromatic carbocycles. The van der Waals surface area contributed by atoms with Gasteiger partial charge >= 0.3 is 0 Å². The highest BCUT2D eigenvalue weighted by Crippen LogP contribution is 2.40. The molecule has 5 saturated heterocycles. The van der Waals surface area contributed by atoms with Crippen molar-refractivity contribution in [1.82, 2.24) is 74.8 Å². The number of benzene rings is 5. The topological polar surface area (TPSA) is 328 Å². The van der Waals surface area contributed by atoms with E-state index in [0.717, 1.165) is 185 Å². The lowest BCUT2D eigenvalue weighted by Gasteiger charge is -2.28. The molecule has 5 fully saturated rings. The lowest BCUT2D eigenvalue weighted by atomic mass is 10.0. The summed E-state index contributed by atoms with van der Waals surface area (Å²) in [7, 11) is 3.26. The number of rotatable bonds is 22. The molecule has 0 radical (unpaired) electrons. The van der Waals surface area contributed by atoms with E-state index in [2.05, 4.69) is 74.3 Å². The van der Waals surface area contributed by atoms with Crippen LogP contribution in [0.25, 0.3) is 56.3 Å². The van der Waals surface area contributed by atoms with E-state index in [1.807, 2.05) is 187 Å². The molecule has 34 heteroatoms. The summed E-state index contributed by atoms with van der Waals surface area (Å²) in [6.45, 7) is 25.8. The number of pyridine rings is 5. The van der Waals surface area contributed by atoms with Crippen LogP contribution in [0.15, 0.2) is 244 Å². The maximum Gasteiger partial charge on any atom is 0.194 e. The van der Waals surface area contributed by atoms with Crippen molar-refractivity contribution >= 4 is 58.1 Å². The van der Waals surface area contributed by atoms with Crippen LogP contribution >= 0.6 is 23.2 Å².